The number of benzene rings is 1. The molecule has 0 radical (unpaired) electrons. The van der Waals surface area contributed by atoms with Gasteiger partial charge >= 0.3 is 12.1 Å². The molecular weight excluding hydrogens is 1050 g/mol. The van der Waals surface area contributed by atoms with Crippen LogP contribution < -0.4 is 42.4 Å². The van der Waals surface area contributed by atoms with Crippen LogP contribution in [0, 0.1) is 17.8 Å². The van der Waals surface area contributed by atoms with Gasteiger partial charge in [-0.2, -0.15) is 0 Å². The van der Waals surface area contributed by atoms with Crippen molar-refractivity contribution in [1.29, 1.82) is 0 Å². The molecule has 3 aromatic rings. The minimum Gasteiger partial charge on any atom is -0.481 e. The second kappa shape index (κ2) is 36.1. The van der Waals surface area contributed by atoms with Gasteiger partial charge in [-0.3, -0.25) is 28.8 Å². The lowest BCUT2D eigenvalue weighted by Gasteiger charge is -2.29. The maximum absolute atomic E-state index is 13.5. The zero-order valence-electron chi connectivity index (χ0n) is 47.7. The number of hydrogen-bond donors (Lipinski definition) is 8. The highest BCUT2D eigenvalue weighted by Gasteiger charge is 2.31. The smallest absolute Gasteiger partial charge is 0.407 e. The minimum absolute atomic E-state index is 0.00311. The molecule has 4 rings (SSSR count). The number of aryl methyl sites for hydroxylation is 1. The topological polar surface area (TPSA) is 376 Å². The Hall–Kier alpha value is -7.35. The van der Waals surface area contributed by atoms with Crippen molar-refractivity contribution in [2.75, 3.05) is 70.3 Å². The Bertz CT molecular complexity index is 2530. The molecule has 81 heavy (non-hydrogen) atoms. The van der Waals surface area contributed by atoms with E-state index in [1.807, 2.05) is 13.8 Å². The highest BCUT2D eigenvalue weighted by atomic mass is 16.6. The van der Waals surface area contributed by atoms with Crippen molar-refractivity contribution in [3.8, 4) is 5.88 Å². The van der Waals surface area contributed by atoms with Crippen LogP contribution in [0.25, 0.3) is 21.5 Å². The molecule has 0 bridgehead atoms. The van der Waals surface area contributed by atoms with Gasteiger partial charge in [-0.05, 0) is 107 Å². The molecule has 27 heteroatoms. The largest absolute Gasteiger partial charge is 0.481 e. The first-order valence-corrected chi connectivity index (χ1v) is 28.0. The number of nitrogen functional groups attached to an aromatic ring is 1. The molecule has 1 aromatic carbocycles. The van der Waals surface area contributed by atoms with Crippen molar-refractivity contribution >= 4 is 64.1 Å². The molecule has 0 unspecified atom stereocenters. The number of azide groups is 1. The number of nitrogens with one attached hydrogen (secondary N) is 6. The van der Waals surface area contributed by atoms with E-state index in [0.717, 1.165) is 62.8 Å². The van der Waals surface area contributed by atoms with Crippen molar-refractivity contribution < 1.29 is 62.4 Å². The fourth-order valence-electron chi connectivity index (χ4n) is 8.77. The summed E-state index contributed by atoms with van der Waals surface area (Å²) in [5.41, 5.74) is 17.0. The molecule has 1 aliphatic rings. The van der Waals surface area contributed by atoms with Gasteiger partial charge in [-0.25, -0.2) is 9.78 Å². The zero-order chi connectivity index (χ0) is 59.1. The molecular formula is C54H84N14O13. The summed E-state index contributed by atoms with van der Waals surface area (Å²) in [6, 6.07) is 3.14. The molecule has 0 aliphatic heterocycles. The number of unbranched alkanes of at least 4 members (excludes halogenated alkanes) is 1. The number of amides is 6. The first-order chi connectivity index (χ1) is 38.9. The number of nitrogens with two attached hydrogens (primary N) is 1. The average Bonchev–Trinajstić information content (AvgIpc) is 4.08. The van der Waals surface area contributed by atoms with Gasteiger partial charge in [0, 0.05) is 62.5 Å². The molecule has 2 aromatic heterocycles. The Kier molecular flexibility index (Phi) is 29.5. The van der Waals surface area contributed by atoms with Gasteiger partial charge in [0.15, 0.2) is 5.82 Å². The molecule has 3 atom stereocenters. The van der Waals surface area contributed by atoms with Crippen LogP contribution in [-0.2, 0) is 67.3 Å². The van der Waals surface area contributed by atoms with E-state index in [1.165, 1.54) is 6.92 Å². The highest BCUT2D eigenvalue weighted by Crippen LogP contribution is 2.34. The third kappa shape index (κ3) is 24.5. The van der Waals surface area contributed by atoms with Crippen LogP contribution in [0.2, 0.25) is 0 Å². The molecule has 1 saturated carbocycles. The number of carbonyl (C=O) groups is 7. The number of fused-ring (bicyclic) bond motifs is 1. The van der Waals surface area contributed by atoms with Crippen LogP contribution in [0.3, 0.4) is 0 Å². The number of aliphatic carboxylic acids is 1. The van der Waals surface area contributed by atoms with Crippen LogP contribution in [0.5, 0.6) is 5.88 Å². The Morgan fingerprint density at radius 2 is 1.47 bits per heavy atom. The lowest BCUT2D eigenvalue weighted by molar-refractivity contribution is -0.138. The van der Waals surface area contributed by atoms with E-state index in [2.05, 4.69) is 63.6 Å². The van der Waals surface area contributed by atoms with Gasteiger partial charge < -0.3 is 71.0 Å². The number of rotatable bonds is 38. The molecule has 27 nitrogen and oxygen atoms in total. The highest BCUT2D eigenvalue weighted by molar-refractivity contribution is 5.99. The molecule has 1 fully saturated rings. The first kappa shape index (κ1) is 66.2. The maximum Gasteiger partial charge on any atom is 0.407 e. The number of carboxylic acid groups (broad SMARTS) is 1. The van der Waals surface area contributed by atoms with Crippen LogP contribution >= 0.6 is 0 Å². The number of ether oxygens (including phenoxy) is 5. The van der Waals surface area contributed by atoms with Gasteiger partial charge in [0.2, 0.25) is 29.5 Å². The van der Waals surface area contributed by atoms with E-state index in [0.29, 0.717) is 74.1 Å². The van der Waals surface area contributed by atoms with Gasteiger partial charge in [-0.15, -0.1) is 10.2 Å². The average molecular weight is 1140 g/mol. The summed E-state index contributed by atoms with van der Waals surface area (Å²) in [4.78, 5) is 97.1. The van der Waals surface area contributed by atoms with Gasteiger partial charge in [-0.1, -0.05) is 44.4 Å². The van der Waals surface area contributed by atoms with Crippen molar-refractivity contribution in [3.63, 3.8) is 0 Å². The Morgan fingerprint density at radius 1 is 0.802 bits per heavy atom. The van der Waals surface area contributed by atoms with Crippen molar-refractivity contribution in [3.05, 3.63) is 46.1 Å². The maximum atomic E-state index is 13.5. The van der Waals surface area contributed by atoms with Gasteiger partial charge in [0.05, 0.1) is 45.7 Å². The van der Waals surface area contributed by atoms with Crippen molar-refractivity contribution in [1.82, 2.24) is 46.3 Å². The molecule has 0 spiro atoms. The standard InChI is InChI=1S/C54H84N14O13/c1-7-8-10-42-63-47-48(53(81-35(4)5)66-65-49(47)55)68(42)32-38-15-13-37(14-16-38)31-58-54(76)80-33-39-17-19-40(20-18-39)61-50(73)36(6)60-52(75)46(34(2)3)64-51(74)41(21-22-45(71)72)62-44(70)12-9-11-43(69)57-23-25-77-27-29-79-30-28-78-26-24-59-67-56/h17-20,34-38,41,46H,7-16,21-33H2,1-6H3,(H2,55,65)(H,57,69)(H,58,76)(H,60,75)(H,61,73)(H,62,70)(H,64,74)(H,71,72)/t36-,37?,38?,41-,46-/m0/s1. The number of aromatic nitrogens is 4. The summed E-state index contributed by atoms with van der Waals surface area (Å²) < 4.78 is 29.8. The fourth-order valence-corrected chi connectivity index (χ4v) is 8.77. The van der Waals surface area contributed by atoms with E-state index >= 15 is 0 Å². The second-order valence-corrected chi connectivity index (χ2v) is 20.5. The SMILES string of the molecule is CCCCc1nc2c(N)nnc(OC(C)C)c2n1CC1CCC(CNC(=O)OCc2ccc(NC(=O)[C@H](C)NC(=O)[C@@H](NC(=O)[C@H](CCC(=O)O)NC(=O)CCCC(=O)NCCOCCOCCOCCN=[N+]=[N-])C(C)C)cc2)CC1. The van der Waals surface area contributed by atoms with E-state index in [-0.39, 0.29) is 69.8 Å². The summed E-state index contributed by atoms with van der Waals surface area (Å²) in [5, 5.41) is 37.2. The third-order valence-electron chi connectivity index (χ3n) is 13.2. The van der Waals surface area contributed by atoms with Gasteiger partial charge in [0.1, 0.15) is 41.6 Å². The first-order valence-electron chi connectivity index (χ1n) is 28.0. The number of imidazole rings is 1. The number of hydrogen-bond acceptors (Lipinski definition) is 17. The zero-order valence-corrected chi connectivity index (χ0v) is 47.7. The van der Waals surface area contributed by atoms with Crippen LogP contribution in [0.4, 0.5) is 16.3 Å². The van der Waals surface area contributed by atoms with Crippen LogP contribution in [0.1, 0.15) is 124 Å². The molecule has 1 aliphatic carbocycles. The van der Waals surface area contributed by atoms with E-state index < -0.39 is 66.2 Å². The molecule has 9 N–H and O–H groups in total. The van der Waals surface area contributed by atoms with Crippen LogP contribution in [0.15, 0.2) is 29.4 Å². The van der Waals surface area contributed by atoms with Crippen molar-refractivity contribution in [2.24, 2.45) is 22.9 Å². The summed E-state index contributed by atoms with van der Waals surface area (Å²) in [7, 11) is 0. The summed E-state index contributed by atoms with van der Waals surface area (Å²) >= 11 is 0. The number of carbonyl (C=O) groups excluding carboxylic acids is 6. The summed E-state index contributed by atoms with van der Waals surface area (Å²) in [6.45, 7) is 14.4. The Balaban J connectivity index is 1.14. The molecule has 0 saturated heterocycles. The number of carboxylic acids is 1. The normalized spacial score (nSPS) is 15.2. The summed E-state index contributed by atoms with van der Waals surface area (Å²) in [5.74, 6) is -2.25. The van der Waals surface area contributed by atoms with Gasteiger partial charge in [0.25, 0.3) is 5.88 Å². The quantitative estimate of drug-likeness (QED) is 0.0164. The monoisotopic (exact) mass is 1140 g/mol. The van der Waals surface area contributed by atoms with E-state index in [4.69, 9.17) is 39.9 Å². The second-order valence-electron chi connectivity index (χ2n) is 20.5. The fraction of sp³-hybridized carbons (Fsp3) is 0.667. The lowest BCUT2D eigenvalue weighted by atomic mass is 9.82. The van der Waals surface area contributed by atoms with Crippen molar-refractivity contribution in [2.45, 2.75) is 156 Å². The molecule has 6 amide bonds. The van der Waals surface area contributed by atoms with E-state index in [1.54, 1.807) is 38.1 Å². The number of nitrogens with zero attached hydrogens (tertiary/aromatic N) is 7. The van der Waals surface area contributed by atoms with E-state index in [9.17, 15) is 38.7 Å². The summed E-state index contributed by atoms with van der Waals surface area (Å²) in [6.07, 6.45) is 5.32. The van der Waals surface area contributed by atoms with Crippen LogP contribution in [-0.4, -0.2) is 150 Å². The molecule has 2 heterocycles. The minimum atomic E-state index is -1.31. The third-order valence-corrected chi connectivity index (χ3v) is 13.2. The predicted molar refractivity (Wildman–Crippen MR) is 299 cm³/mol. The number of anilines is 2. The lowest BCUT2D eigenvalue weighted by Crippen LogP contribution is -2.57. The Morgan fingerprint density at radius 3 is 2.12 bits per heavy atom. The predicted octanol–water partition coefficient (Wildman–Crippen LogP) is 4.85. The number of alkyl carbamates (subject to hydrolysis) is 1. The molecule has 448 valence electrons. The Labute approximate surface area is 472 Å².